The number of hydrogen-bond donors (Lipinski definition) is 0. The fraction of sp³-hybridized carbons (Fsp3) is 0.746. The van der Waals surface area contributed by atoms with Gasteiger partial charge in [-0.15, -0.1) is 0 Å². The average Bonchev–Trinajstić information content (AvgIpc) is 3.30. The van der Waals surface area contributed by atoms with Gasteiger partial charge in [-0.25, -0.2) is 0 Å². The van der Waals surface area contributed by atoms with Crippen LogP contribution in [0.25, 0.3) is 0 Å². The zero-order valence-corrected chi connectivity index (χ0v) is 42.7. The van der Waals surface area contributed by atoms with E-state index in [1.54, 1.807) is 6.08 Å². The highest BCUT2D eigenvalue weighted by atomic mass is 16.6. The number of esters is 3. The van der Waals surface area contributed by atoms with E-state index in [4.69, 9.17) is 14.2 Å². The normalized spacial score (nSPS) is 12.6. The Bertz CT molecular complexity index is 1230. The fourth-order valence-corrected chi connectivity index (χ4v) is 7.63. The van der Waals surface area contributed by atoms with E-state index in [-0.39, 0.29) is 31.6 Å². The minimum Gasteiger partial charge on any atom is -0.462 e. The first kappa shape index (κ1) is 61.9. The summed E-state index contributed by atoms with van der Waals surface area (Å²) < 4.78 is 16.6. The Hall–Kier alpha value is -3.15. The van der Waals surface area contributed by atoms with Crippen LogP contribution in [0, 0.1) is 0 Å². The van der Waals surface area contributed by atoms with Gasteiger partial charge in [0.15, 0.2) is 6.10 Å². The van der Waals surface area contributed by atoms with Crippen LogP contribution in [0.5, 0.6) is 0 Å². The summed E-state index contributed by atoms with van der Waals surface area (Å²) in [5, 5.41) is 0. The molecule has 0 N–H and O–H groups in total. The van der Waals surface area contributed by atoms with Crippen LogP contribution in [-0.4, -0.2) is 37.2 Å². The quantitative estimate of drug-likeness (QED) is 0.0262. The van der Waals surface area contributed by atoms with E-state index in [2.05, 4.69) is 81.5 Å². The van der Waals surface area contributed by atoms with E-state index in [0.717, 1.165) is 83.5 Å². The summed E-state index contributed by atoms with van der Waals surface area (Å²) in [6.45, 7) is 6.36. The van der Waals surface area contributed by atoms with Crippen LogP contribution in [0.3, 0.4) is 0 Å². The van der Waals surface area contributed by atoms with E-state index in [1.807, 2.05) is 6.08 Å². The van der Waals surface area contributed by atoms with Crippen LogP contribution in [0.4, 0.5) is 0 Å². The average molecular weight is 907 g/mol. The SMILES string of the molecule is CC/C=C\C/C=C\C/C=C\C/C=C\C/C=C\CC(=O)OC(COC(=O)CCCCCCC)COC(=O)CCCCCCCCCCCCCCCCC/C=C\CCCCCCCCCC. The molecule has 0 aliphatic rings. The lowest BCUT2D eigenvalue weighted by molar-refractivity contribution is -0.166. The third kappa shape index (κ3) is 51.7. The largest absolute Gasteiger partial charge is 0.462 e. The Morgan fingerprint density at radius 3 is 1.00 bits per heavy atom. The number of carbonyl (C=O) groups is 3. The monoisotopic (exact) mass is 907 g/mol. The van der Waals surface area contributed by atoms with Gasteiger partial charge < -0.3 is 14.2 Å². The summed E-state index contributed by atoms with van der Waals surface area (Å²) in [7, 11) is 0. The highest BCUT2D eigenvalue weighted by Crippen LogP contribution is 2.16. The number of ether oxygens (including phenoxy) is 3. The van der Waals surface area contributed by atoms with Gasteiger partial charge in [-0.1, -0.05) is 248 Å². The first-order chi connectivity index (χ1) is 32.0. The summed E-state index contributed by atoms with van der Waals surface area (Å²) in [4.78, 5) is 37.6. The third-order valence-corrected chi connectivity index (χ3v) is 11.7. The second kappa shape index (κ2) is 53.5. The molecule has 1 atom stereocenters. The van der Waals surface area contributed by atoms with Crippen molar-refractivity contribution in [3.8, 4) is 0 Å². The van der Waals surface area contributed by atoms with E-state index in [9.17, 15) is 14.4 Å². The first-order valence-electron chi connectivity index (χ1n) is 27.4. The lowest BCUT2D eigenvalue weighted by Crippen LogP contribution is -2.30. The summed E-state index contributed by atoms with van der Waals surface area (Å²) in [6, 6.07) is 0. The Kier molecular flexibility index (Phi) is 50.9. The van der Waals surface area contributed by atoms with Crippen LogP contribution >= 0.6 is 0 Å². The van der Waals surface area contributed by atoms with Gasteiger partial charge in [-0.05, 0) is 70.6 Å². The van der Waals surface area contributed by atoms with Gasteiger partial charge in [0, 0.05) is 12.8 Å². The van der Waals surface area contributed by atoms with Crippen molar-refractivity contribution in [2.75, 3.05) is 13.2 Å². The van der Waals surface area contributed by atoms with Crippen molar-refractivity contribution in [2.45, 2.75) is 271 Å². The van der Waals surface area contributed by atoms with Gasteiger partial charge in [-0.2, -0.15) is 0 Å². The van der Waals surface area contributed by atoms with Crippen LogP contribution in [-0.2, 0) is 28.6 Å². The highest BCUT2D eigenvalue weighted by molar-refractivity contribution is 5.72. The van der Waals surface area contributed by atoms with Gasteiger partial charge in [0.05, 0.1) is 6.42 Å². The highest BCUT2D eigenvalue weighted by Gasteiger charge is 2.19. The van der Waals surface area contributed by atoms with Crippen molar-refractivity contribution in [3.05, 3.63) is 72.9 Å². The molecule has 0 rings (SSSR count). The molecule has 0 heterocycles. The molecular weight excluding hydrogens is 805 g/mol. The second-order valence-corrected chi connectivity index (χ2v) is 18.1. The molecule has 0 amide bonds. The lowest BCUT2D eigenvalue weighted by Gasteiger charge is -2.18. The van der Waals surface area contributed by atoms with Gasteiger partial charge in [0.1, 0.15) is 13.2 Å². The van der Waals surface area contributed by atoms with Crippen molar-refractivity contribution in [1.29, 1.82) is 0 Å². The van der Waals surface area contributed by atoms with Crippen molar-refractivity contribution in [2.24, 2.45) is 0 Å². The maximum Gasteiger partial charge on any atom is 0.310 e. The van der Waals surface area contributed by atoms with Crippen molar-refractivity contribution < 1.29 is 28.6 Å². The standard InChI is InChI=1S/C59H102O6/c1-4-7-10-13-15-17-19-21-23-24-25-26-27-28-29-30-31-32-33-34-36-37-39-41-43-46-49-52-58(61)64-55-56(54-63-57(60)51-48-45-12-9-6-3)65-59(62)53-50-47-44-42-40-38-35-22-20-18-16-14-11-8-5-2/h8,11,16,18,22,24-25,35,40,42,47,50,56H,4-7,9-10,12-15,17,19-21,23,26-34,36-39,41,43-46,48-49,51-55H2,1-3H3/b11-8-,18-16-,25-24-,35-22-,42-40-,50-47-. The molecule has 0 bridgehead atoms. The molecule has 0 saturated heterocycles. The number of rotatable bonds is 49. The third-order valence-electron chi connectivity index (χ3n) is 11.7. The van der Waals surface area contributed by atoms with Gasteiger partial charge in [0.25, 0.3) is 0 Å². The number of unbranched alkanes of at least 4 members (excludes halogenated alkanes) is 27. The summed E-state index contributed by atoms with van der Waals surface area (Å²) in [6.07, 6.45) is 68.4. The van der Waals surface area contributed by atoms with Gasteiger partial charge in [0.2, 0.25) is 0 Å². The topological polar surface area (TPSA) is 78.9 Å². The van der Waals surface area contributed by atoms with Gasteiger partial charge in [-0.3, -0.25) is 14.4 Å². The molecule has 0 saturated carbocycles. The first-order valence-corrected chi connectivity index (χ1v) is 27.4. The van der Waals surface area contributed by atoms with E-state index in [0.29, 0.717) is 12.8 Å². The molecule has 0 fully saturated rings. The smallest absolute Gasteiger partial charge is 0.310 e. The number of carbonyl (C=O) groups excluding carboxylic acids is 3. The molecule has 0 radical (unpaired) electrons. The molecule has 6 nitrogen and oxygen atoms in total. The van der Waals surface area contributed by atoms with E-state index in [1.165, 1.54) is 141 Å². The summed E-state index contributed by atoms with van der Waals surface area (Å²) >= 11 is 0. The van der Waals surface area contributed by atoms with Gasteiger partial charge >= 0.3 is 17.9 Å². The predicted molar refractivity (Wildman–Crippen MR) is 279 cm³/mol. The van der Waals surface area contributed by atoms with Crippen molar-refractivity contribution in [3.63, 3.8) is 0 Å². The Balaban J connectivity index is 4.09. The summed E-state index contributed by atoms with van der Waals surface area (Å²) in [5.41, 5.74) is 0. The maximum atomic E-state index is 12.7. The molecule has 0 aromatic carbocycles. The summed E-state index contributed by atoms with van der Waals surface area (Å²) in [5.74, 6) is -1.06. The molecule has 374 valence electrons. The Morgan fingerprint density at radius 2 is 0.646 bits per heavy atom. The molecule has 0 aromatic heterocycles. The van der Waals surface area contributed by atoms with Crippen LogP contribution in [0.2, 0.25) is 0 Å². The second-order valence-electron chi connectivity index (χ2n) is 18.1. The van der Waals surface area contributed by atoms with Crippen LogP contribution in [0.1, 0.15) is 265 Å². The van der Waals surface area contributed by atoms with Crippen molar-refractivity contribution >= 4 is 17.9 Å². The Labute approximate surface area is 402 Å². The molecule has 6 heteroatoms. The molecule has 0 aliphatic carbocycles. The van der Waals surface area contributed by atoms with E-state index >= 15 is 0 Å². The molecule has 1 unspecified atom stereocenters. The maximum absolute atomic E-state index is 12.7. The zero-order chi connectivity index (χ0) is 47.2. The minimum atomic E-state index is -0.824. The van der Waals surface area contributed by atoms with E-state index < -0.39 is 12.1 Å². The molecule has 0 aliphatic heterocycles. The fourth-order valence-electron chi connectivity index (χ4n) is 7.63. The Morgan fingerprint density at radius 1 is 0.338 bits per heavy atom. The minimum absolute atomic E-state index is 0.0986. The zero-order valence-electron chi connectivity index (χ0n) is 42.7. The molecule has 0 spiro atoms. The van der Waals surface area contributed by atoms with Crippen molar-refractivity contribution in [1.82, 2.24) is 0 Å². The lowest BCUT2D eigenvalue weighted by atomic mass is 10.0. The molecule has 0 aromatic rings. The number of hydrogen-bond acceptors (Lipinski definition) is 6. The predicted octanol–water partition coefficient (Wildman–Crippen LogP) is 18.2. The number of allylic oxidation sites excluding steroid dienone is 11. The molecular formula is C59H102O6. The van der Waals surface area contributed by atoms with Crippen LogP contribution < -0.4 is 0 Å². The van der Waals surface area contributed by atoms with Crippen LogP contribution in [0.15, 0.2) is 72.9 Å². The molecule has 65 heavy (non-hydrogen) atoms.